The van der Waals surface area contributed by atoms with Crippen LogP contribution in [0.15, 0.2) is 23.8 Å². The summed E-state index contributed by atoms with van der Waals surface area (Å²) in [5, 5.41) is 5.67. The topological polar surface area (TPSA) is 89.1 Å². The van der Waals surface area contributed by atoms with Gasteiger partial charge in [0, 0.05) is 27.5 Å². The van der Waals surface area contributed by atoms with E-state index in [0.29, 0.717) is 25.2 Å². The Balaban J connectivity index is 0.00000980. The zero-order chi connectivity index (χ0) is 47.0. The molecule has 0 aromatic rings. The highest BCUT2D eigenvalue weighted by molar-refractivity contribution is 5.82. The van der Waals surface area contributed by atoms with Gasteiger partial charge in [-0.05, 0) is 149 Å². The molecule has 0 aromatic heterocycles. The molecule has 8 nitrogen and oxygen atoms in total. The van der Waals surface area contributed by atoms with Crippen LogP contribution in [0.25, 0.3) is 0 Å². The lowest BCUT2D eigenvalue weighted by atomic mass is 9.47. The van der Waals surface area contributed by atoms with Crippen molar-refractivity contribution >= 4 is 12.0 Å². The van der Waals surface area contributed by atoms with Crippen LogP contribution in [0.1, 0.15) is 223 Å². The Hall–Kier alpha value is -1.90. The summed E-state index contributed by atoms with van der Waals surface area (Å²) in [6.45, 7) is 20.0. The first-order valence-corrected chi connectivity index (χ1v) is 28.5. The molecule has 9 atom stereocenters. The van der Waals surface area contributed by atoms with Gasteiger partial charge in [0.05, 0.1) is 25.9 Å². The van der Waals surface area contributed by atoms with E-state index >= 15 is 0 Å². The van der Waals surface area contributed by atoms with Crippen LogP contribution in [0.2, 0.25) is 0 Å². The highest BCUT2D eigenvalue weighted by Crippen LogP contribution is 2.67. The summed E-state index contributed by atoms with van der Waals surface area (Å²) in [6.07, 6.45) is 42.5. The number of ether oxygens (including phenoxy) is 3. The van der Waals surface area contributed by atoms with Gasteiger partial charge in [-0.2, -0.15) is 0 Å². The molecule has 2 amide bonds. The van der Waals surface area contributed by atoms with Crippen LogP contribution in [0.3, 0.4) is 0 Å². The maximum Gasteiger partial charge on any atom is 0.407 e. The van der Waals surface area contributed by atoms with E-state index in [2.05, 4.69) is 75.3 Å². The fraction of sp³-hybridized carbons (Fsp3) is 0.897. The average molecular weight is 924 g/mol. The fourth-order valence-corrected chi connectivity index (χ4v) is 13.8. The number of likely N-dealkylation sites (tertiary alicyclic amines) is 1. The molecule has 5 unspecified atom stereocenters. The number of unbranched alkanes of at least 4 members (excludes halogenated alkanes) is 12. The molecule has 0 radical (unpaired) electrons. The van der Waals surface area contributed by atoms with Crippen LogP contribution in [-0.2, 0) is 19.0 Å². The van der Waals surface area contributed by atoms with Gasteiger partial charge in [-0.3, -0.25) is 4.79 Å². The maximum atomic E-state index is 13.0. The molecule has 4 aliphatic carbocycles. The molecule has 8 heteroatoms. The van der Waals surface area contributed by atoms with Crippen molar-refractivity contribution in [1.29, 1.82) is 0 Å². The van der Waals surface area contributed by atoms with Gasteiger partial charge in [-0.25, -0.2) is 4.79 Å². The summed E-state index contributed by atoms with van der Waals surface area (Å²) in [6, 6.07) is 0. The summed E-state index contributed by atoms with van der Waals surface area (Å²) in [5.41, 5.74) is 2.23. The van der Waals surface area contributed by atoms with Crippen molar-refractivity contribution in [1.82, 2.24) is 15.5 Å². The Labute approximate surface area is 407 Å². The van der Waals surface area contributed by atoms with Crippen molar-refractivity contribution in [2.45, 2.75) is 234 Å². The number of carbonyl (C=O) groups is 2. The van der Waals surface area contributed by atoms with Crippen molar-refractivity contribution in [3.8, 4) is 0 Å². The summed E-state index contributed by atoms with van der Waals surface area (Å²) >= 11 is 0. The summed E-state index contributed by atoms with van der Waals surface area (Å²) in [7, 11) is 0. The normalized spacial score (nSPS) is 28.7. The zero-order valence-corrected chi connectivity index (χ0v) is 43.8. The van der Waals surface area contributed by atoms with Crippen molar-refractivity contribution in [2.75, 3.05) is 52.5 Å². The van der Waals surface area contributed by atoms with E-state index in [0.717, 1.165) is 87.4 Å². The van der Waals surface area contributed by atoms with Crippen LogP contribution in [0.5, 0.6) is 0 Å². The average Bonchev–Trinajstić information content (AvgIpc) is 3.67. The Morgan fingerprint density at radius 2 is 1.52 bits per heavy atom. The van der Waals surface area contributed by atoms with Crippen LogP contribution in [-0.4, -0.2) is 81.7 Å². The molecule has 1 saturated heterocycles. The van der Waals surface area contributed by atoms with Gasteiger partial charge in [0.1, 0.15) is 6.10 Å². The maximum absolute atomic E-state index is 13.0. The van der Waals surface area contributed by atoms with E-state index in [1.807, 2.05) is 0 Å². The molecule has 1 heterocycles. The number of fused-ring (bicyclic) bond motifs is 5. The van der Waals surface area contributed by atoms with Gasteiger partial charge in [-0.1, -0.05) is 149 Å². The predicted octanol–water partition coefficient (Wildman–Crippen LogP) is 14.4. The van der Waals surface area contributed by atoms with Crippen molar-refractivity contribution in [3.63, 3.8) is 0 Å². The molecule has 66 heavy (non-hydrogen) atoms. The Morgan fingerprint density at radius 3 is 2.24 bits per heavy atom. The molecule has 5 aliphatic rings. The number of rotatable bonds is 32. The molecule has 0 bridgehead atoms. The van der Waals surface area contributed by atoms with Crippen LogP contribution >= 0.6 is 0 Å². The van der Waals surface area contributed by atoms with E-state index in [1.54, 1.807) is 0 Å². The van der Waals surface area contributed by atoms with Gasteiger partial charge in [0.15, 0.2) is 0 Å². The number of hydrogen-bond acceptors (Lipinski definition) is 6. The minimum Gasteiger partial charge on any atom is -0.446 e. The SMILES string of the molecule is CCCCCCCC/C=C\CCCCCCCCOCC(CN1CCCCC1)OCCNC(=O)CNC(=O)O[C@H]1CC[C@@]2(C)C(=CC[C@H]3C4CCC(C(C)CCCC(C)C)[C@@]4(C)CCC32)C1.[HH]. The summed E-state index contributed by atoms with van der Waals surface area (Å²) < 4.78 is 18.4. The number of nitrogens with one attached hydrogen (secondary N) is 2. The second-order valence-corrected chi connectivity index (χ2v) is 23.1. The molecule has 5 rings (SSSR count). The molecule has 4 fully saturated rings. The minimum absolute atomic E-state index is 0. The minimum atomic E-state index is -0.488. The number of nitrogens with zero attached hydrogens (tertiary/aromatic N) is 1. The smallest absolute Gasteiger partial charge is 0.407 e. The van der Waals surface area contributed by atoms with Crippen molar-refractivity contribution in [3.05, 3.63) is 23.8 Å². The van der Waals surface area contributed by atoms with Gasteiger partial charge in [-0.15, -0.1) is 0 Å². The number of allylic oxidation sites excluding steroid dienone is 3. The van der Waals surface area contributed by atoms with E-state index in [9.17, 15) is 9.59 Å². The van der Waals surface area contributed by atoms with Crippen LogP contribution < -0.4 is 10.6 Å². The largest absolute Gasteiger partial charge is 0.446 e. The monoisotopic (exact) mass is 924 g/mol. The molecule has 0 aromatic carbocycles. The van der Waals surface area contributed by atoms with E-state index in [1.165, 1.54) is 160 Å². The van der Waals surface area contributed by atoms with Gasteiger partial charge in [0.2, 0.25) is 5.91 Å². The number of hydrogen-bond donors (Lipinski definition) is 2. The van der Waals surface area contributed by atoms with Crippen molar-refractivity contribution in [2.24, 2.45) is 46.3 Å². The molecule has 3 saturated carbocycles. The van der Waals surface area contributed by atoms with Crippen LogP contribution in [0, 0.1) is 46.3 Å². The molecule has 2 N–H and O–H groups in total. The van der Waals surface area contributed by atoms with E-state index < -0.39 is 6.09 Å². The number of alkyl carbamates (subject to hydrolysis) is 1. The first kappa shape index (κ1) is 55.0. The lowest BCUT2D eigenvalue weighted by molar-refractivity contribution is -0.120. The standard InChI is InChI=1S/C58H103N3O5.H2/c1-7-8-9-10-11-12-13-14-15-16-17-18-19-20-21-25-40-64-45-50(44-61-38-23-22-24-39-61)65-41-37-59-55(62)43-60-56(63)66-49-33-35-57(5)48(42-49)29-30-51-53-32-31-52(47(4)28-26-27-46(2)3)58(53,6)36-34-54(51)57;/h14-15,29,46-47,49-54H,7-13,16-28,30-45H2,1-6H3,(H,59,62)(H,60,63);1H/b15-14-;/t47?,49-,50?,51-,52?,53?,54?,57-,58+;/m0./s1. The van der Waals surface area contributed by atoms with Crippen molar-refractivity contribution < 1.29 is 25.2 Å². The summed E-state index contributed by atoms with van der Waals surface area (Å²) in [5.74, 6) is 4.67. The van der Waals surface area contributed by atoms with Gasteiger partial charge in [0.25, 0.3) is 0 Å². The fourth-order valence-electron chi connectivity index (χ4n) is 13.8. The Kier molecular flexibility index (Phi) is 25.0. The quantitative estimate of drug-likeness (QED) is 0.0516. The van der Waals surface area contributed by atoms with Crippen LogP contribution in [0.4, 0.5) is 4.79 Å². The summed E-state index contributed by atoms with van der Waals surface area (Å²) in [4.78, 5) is 28.2. The third-order valence-electron chi connectivity index (χ3n) is 17.7. The number of carbonyl (C=O) groups excluding carboxylic acids is 2. The van der Waals surface area contributed by atoms with E-state index in [-0.39, 0.29) is 31.5 Å². The number of piperidine rings is 1. The second kappa shape index (κ2) is 30.0. The lowest BCUT2D eigenvalue weighted by Crippen LogP contribution is -2.51. The lowest BCUT2D eigenvalue weighted by Gasteiger charge is -2.58. The first-order chi connectivity index (χ1) is 32.0. The predicted molar refractivity (Wildman–Crippen MR) is 277 cm³/mol. The first-order valence-electron chi connectivity index (χ1n) is 28.5. The van der Waals surface area contributed by atoms with E-state index in [4.69, 9.17) is 14.2 Å². The Morgan fingerprint density at radius 1 is 0.803 bits per heavy atom. The molecular weight excluding hydrogens is 819 g/mol. The third kappa shape index (κ3) is 17.8. The van der Waals surface area contributed by atoms with Gasteiger partial charge >= 0.3 is 6.09 Å². The molecule has 382 valence electrons. The number of amides is 2. The molecule has 1 aliphatic heterocycles. The van der Waals surface area contributed by atoms with Gasteiger partial charge < -0.3 is 29.7 Å². The Bertz CT molecular complexity index is 1430. The molecular formula is C58H105N3O5. The highest BCUT2D eigenvalue weighted by Gasteiger charge is 2.59. The molecule has 0 spiro atoms. The second-order valence-electron chi connectivity index (χ2n) is 23.1. The third-order valence-corrected chi connectivity index (χ3v) is 17.7. The highest BCUT2D eigenvalue weighted by atomic mass is 16.6. The zero-order valence-electron chi connectivity index (χ0n) is 43.8.